The number of hydrogen-bond acceptors (Lipinski definition) is 1. The van der Waals surface area contributed by atoms with E-state index in [-0.39, 0.29) is 0 Å². The Morgan fingerprint density at radius 3 is 2.21 bits per heavy atom. The molecule has 0 N–H and O–H groups in total. The molecule has 0 aliphatic carbocycles. The van der Waals surface area contributed by atoms with Crippen LogP contribution in [0.5, 0.6) is 0 Å². The molecule has 14 heavy (non-hydrogen) atoms. The van der Waals surface area contributed by atoms with Gasteiger partial charge < -0.3 is 17.8 Å². The molecule has 0 saturated carbocycles. The molecule has 1 aromatic carbocycles. The van der Waals surface area contributed by atoms with Crippen LogP contribution in [-0.4, -0.2) is 25.4 Å². The zero-order valence-electron chi connectivity index (χ0n) is 7.96. The van der Waals surface area contributed by atoms with Gasteiger partial charge in [0.15, 0.2) is 0 Å². The van der Waals surface area contributed by atoms with E-state index in [9.17, 15) is 12.9 Å². The van der Waals surface area contributed by atoms with Gasteiger partial charge in [-0.05, 0) is 19.1 Å². The summed E-state index contributed by atoms with van der Waals surface area (Å²) in [7, 11) is 1.47. The number of nitrogens with zero attached hydrogens (tertiary/aromatic N) is 1. The highest BCUT2D eigenvalue weighted by Crippen LogP contribution is 2.11. The summed E-state index contributed by atoms with van der Waals surface area (Å²) in [5.41, 5.74) is 0.898. The topological polar surface area (TPSA) is 3.24 Å². The first kappa shape index (κ1) is 11.1. The fourth-order valence-electron chi connectivity index (χ4n) is 1.31. The molecule has 5 heteroatoms. The summed E-state index contributed by atoms with van der Waals surface area (Å²) < 4.78 is 36.1. The van der Waals surface area contributed by atoms with Gasteiger partial charge in [-0.3, -0.25) is 0 Å². The normalized spacial score (nSPS) is 12.1. The van der Waals surface area contributed by atoms with Crippen molar-refractivity contribution >= 4 is 6.98 Å². The Morgan fingerprint density at radius 1 is 1.14 bits per heavy atom. The first-order chi connectivity index (χ1) is 6.47. The SMILES string of the molecule is CN(Cc1ccccc1)C[B-](F)(F)F. The van der Waals surface area contributed by atoms with Gasteiger partial charge in [-0.2, -0.15) is 0 Å². The average Bonchev–Trinajstić information content (AvgIpc) is 2.02. The minimum atomic E-state index is -4.72. The monoisotopic (exact) mass is 202 g/mol. The lowest BCUT2D eigenvalue weighted by atomic mass is 9.91. The van der Waals surface area contributed by atoms with E-state index in [4.69, 9.17) is 0 Å². The summed E-state index contributed by atoms with van der Waals surface area (Å²) in [5, 5.41) is 0. The molecular weight excluding hydrogens is 190 g/mol. The second-order valence-corrected chi connectivity index (χ2v) is 3.39. The third kappa shape index (κ3) is 4.32. The summed E-state index contributed by atoms with van der Waals surface area (Å²) in [4.78, 5) is 1.27. The number of hydrogen-bond donors (Lipinski definition) is 0. The summed E-state index contributed by atoms with van der Waals surface area (Å²) in [6.07, 6.45) is -0.811. The molecule has 0 aliphatic heterocycles. The van der Waals surface area contributed by atoms with Crippen LogP contribution in [0, 0.1) is 0 Å². The third-order valence-corrected chi connectivity index (χ3v) is 1.81. The van der Waals surface area contributed by atoms with Crippen LogP contribution in [0.2, 0.25) is 0 Å². The highest BCUT2D eigenvalue weighted by molar-refractivity contribution is 6.58. The lowest BCUT2D eigenvalue weighted by Gasteiger charge is -2.23. The van der Waals surface area contributed by atoms with E-state index < -0.39 is 13.4 Å². The van der Waals surface area contributed by atoms with E-state index in [0.29, 0.717) is 6.54 Å². The fraction of sp³-hybridized carbons (Fsp3) is 0.333. The van der Waals surface area contributed by atoms with Gasteiger partial charge >= 0.3 is 6.98 Å². The largest absolute Gasteiger partial charge is 0.492 e. The van der Waals surface area contributed by atoms with E-state index >= 15 is 0 Å². The Balaban J connectivity index is 2.46. The maximum atomic E-state index is 12.0. The molecule has 0 aromatic heterocycles. The smallest absolute Gasteiger partial charge is 0.448 e. The Morgan fingerprint density at radius 2 is 1.71 bits per heavy atom. The Hall–Kier alpha value is -0.965. The van der Waals surface area contributed by atoms with Gasteiger partial charge in [-0.15, -0.1) is 0 Å². The lowest BCUT2D eigenvalue weighted by molar-refractivity contribution is 0.322. The minimum Gasteiger partial charge on any atom is -0.448 e. The van der Waals surface area contributed by atoms with Crippen molar-refractivity contribution in [2.24, 2.45) is 0 Å². The van der Waals surface area contributed by atoms with Gasteiger partial charge in [-0.25, -0.2) is 0 Å². The van der Waals surface area contributed by atoms with Crippen molar-refractivity contribution in [3.63, 3.8) is 0 Å². The molecule has 0 atom stereocenters. The molecule has 0 amide bonds. The maximum Gasteiger partial charge on any atom is 0.492 e. The van der Waals surface area contributed by atoms with Crippen LogP contribution < -0.4 is 0 Å². The molecule has 0 radical (unpaired) electrons. The molecule has 1 nitrogen and oxygen atoms in total. The minimum absolute atomic E-state index is 0.335. The van der Waals surface area contributed by atoms with Crippen molar-refractivity contribution in [3.05, 3.63) is 35.9 Å². The van der Waals surface area contributed by atoms with Gasteiger partial charge in [0, 0.05) is 6.54 Å². The van der Waals surface area contributed by atoms with Crippen molar-refractivity contribution in [1.29, 1.82) is 0 Å². The zero-order chi connectivity index (χ0) is 10.6. The lowest BCUT2D eigenvalue weighted by Crippen LogP contribution is -2.34. The summed E-state index contributed by atoms with van der Waals surface area (Å²) in [5.74, 6) is 0. The summed E-state index contributed by atoms with van der Waals surface area (Å²) >= 11 is 0. The van der Waals surface area contributed by atoms with E-state index in [2.05, 4.69) is 0 Å². The third-order valence-electron chi connectivity index (χ3n) is 1.81. The van der Waals surface area contributed by atoms with Crippen LogP contribution in [0.15, 0.2) is 30.3 Å². The van der Waals surface area contributed by atoms with Gasteiger partial charge in [-0.1, -0.05) is 30.3 Å². The molecule has 0 aliphatic rings. The maximum absolute atomic E-state index is 12.0. The number of halogens is 3. The first-order valence-electron chi connectivity index (χ1n) is 4.41. The highest BCUT2D eigenvalue weighted by atomic mass is 19.4. The number of rotatable bonds is 4. The van der Waals surface area contributed by atoms with E-state index in [1.54, 1.807) is 0 Å². The van der Waals surface area contributed by atoms with Crippen molar-refractivity contribution in [3.8, 4) is 0 Å². The average molecular weight is 202 g/mol. The molecule has 78 valence electrons. The molecule has 1 rings (SSSR count). The zero-order valence-corrected chi connectivity index (χ0v) is 7.96. The first-order valence-corrected chi connectivity index (χ1v) is 4.41. The van der Waals surface area contributed by atoms with Gasteiger partial charge in [0.1, 0.15) is 0 Å². The molecular formula is C9H12BF3N-. The molecule has 0 fully saturated rings. The van der Waals surface area contributed by atoms with Crippen LogP contribution >= 0.6 is 0 Å². The van der Waals surface area contributed by atoms with Gasteiger partial charge in [0.25, 0.3) is 0 Å². The van der Waals surface area contributed by atoms with E-state index in [0.717, 1.165) is 5.56 Å². The Kier molecular flexibility index (Phi) is 3.58. The quantitative estimate of drug-likeness (QED) is 0.678. The predicted octanol–water partition coefficient (Wildman–Crippen LogP) is 2.51. The standard InChI is InChI=1S/C9H12BF3N/c1-14(8-10(11,12)13)7-9-5-3-2-4-6-9/h2-6H,7-8H2,1H3/q-1. The van der Waals surface area contributed by atoms with Gasteiger partial charge in [0.2, 0.25) is 0 Å². The van der Waals surface area contributed by atoms with Crippen LogP contribution in [0.25, 0.3) is 0 Å². The summed E-state index contributed by atoms with van der Waals surface area (Å²) in [6, 6.07) is 9.13. The fourth-order valence-corrected chi connectivity index (χ4v) is 1.31. The van der Waals surface area contributed by atoms with Crippen molar-refractivity contribution in [2.75, 3.05) is 13.5 Å². The van der Waals surface area contributed by atoms with Crippen molar-refractivity contribution in [1.82, 2.24) is 4.90 Å². The molecule has 1 aromatic rings. The van der Waals surface area contributed by atoms with Crippen LogP contribution in [0.4, 0.5) is 12.9 Å². The molecule has 0 spiro atoms. The highest BCUT2D eigenvalue weighted by Gasteiger charge is 2.24. The van der Waals surface area contributed by atoms with Crippen LogP contribution in [0.3, 0.4) is 0 Å². The van der Waals surface area contributed by atoms with Gasteiger partial charge in [0.05, 0.1) is 0 Å². The van der Waals surface area contributed by atoms with Crippen LogP contribution in [-0.2, 0) is 6.54 Å². The second kappa shape index (κ2) is 4.51. The Bertz CT molecular complexity index is 273. The van der Waals surface area contributed by atoms with E-state index in [1.807, 2.05) is 30.3 Å². The van der Waals surface area contributed by atoms with Crippen LogP contribution in [0.1, 0.15) is 5.56 Å². The summed E-state index contributed by atoms with van der Waals surface area (Å²) in [6.45, 7) is -4.38. The van der Waals surface area contributed by atoms with Crippen molar-refractivity contribution < 1.29 is 12.9 Å². The predicted molar refractivity (Wildman–Crippen MR) is 51.9 cm³/mol. The van der Waals surface area contributed by atoms with E-state index in [1.165, 1.54) is 11.9 Å². The second-order valence-electron chi connectivity index (χ2n) is 3.39. The number of benzene rings is 1. The molecule has 0 saturated heterocycles. The molecule has 0 bridgehead atoms. The Labute approximate surface area is 81.6 Å². The van der Waals surface area contributed by atoms with Crippen molar-refractivity contribution in [2.45, 2.75) is 6.54 Å². The molecule has 0 unspecified atom stereocenters. The molecule has 0 heterocycles.